The monoisotopic (exact) mass is 234 g/mol. The van der Waals surface area contributed by atoms with Gasteiger partial charge in [0.2, 0.25) is 0 Å². The molecule has 2 unspecified atom stereocenters. The van der Waals surface area contributed by atoms with Crippen LogP contribution in [0.25, 0.3) is 0 Å². The number of carboxylic acid groups (broad SMARTS) is 2. The molecule has 15 heavy (non-hydrogen) atoms. The van der Waals surface area contributed by atoms with Gasteiger partial charge in [0, 0.05) is 23.9 Å². The first-order chi connectivity index (χ1) is 5.99. The van der Waals surface area contributed by atoms with Crippen LogP contribution >= 0.6 is 0 Å². The van der Waals surface area contributed by atoms with E-state index in [-0.39, 0.29) is 72.1 Å². The molecule has 0 saturated carbocycles. The van der Waals surface area contributed by atoms with Gasteiger partial charge in [-0.1, -0.05) is 0 Å². The Labute approximate surface area is 132 Å². The molecule has 0 aromatic heterocycles. The quantitative estimate of drug-likeness (QED) is 0.438. The van der Waals surface area contributed by atoms with Crippen molar-refractivity contribution >= 4 is 11.9 Å². The van der Waals surface area contributed by atoms with Crippen LogP contribution in [0.5, 0.6) is 0 Å². The van der Waals surface area contributed by atoms with Crippen LogP contribution in [0.4, 0.5) is 0 Å². The standard InChI is InChI=1S/C7H14N2O4.2Na/c8-2-1-5(9)4(7(12)13)3-6(10)11;;/h4-5H,1-3,8-9H2,(H,10,11)(H,12,13);;/q;2*+1/p-2. The Morgan fingerprint density at radius 2 is 1.67 bits per heavy atom. The van der Waals surface area contributed by atoms with Gasteiger partial charge in [-0.15, -0.1) is 0 Å². The van der Waals surface area contributed by atoms with Crippen LogP contribution < -0.4 is 80.8 Å². The number of hydrogen-bond donors (Lipinski definition) is 2. The molecule has 0 radical (unpaired) electrons. The third kappa shape index (κ3) is 9.77. The second-order valence-corrected chi connectivity index (χ2v) is 2.74. The summed E-state index contributed by atoms with van der Waals surface area (Å²) in [5, 5.41) is 20.6. The van der Waals surface area contributed by atoms with E-state index < -0.39 is 30.3 Å². The zero-order valence-corrected chi connectivity index (χ0v) is 13.1. The molecule has 0 amide bonds. The van der Waals surface area contributed by atoms with Crippen LogP contribution in [-0.4, -0.2) is 24.5 Å². The first kappa shape index (κ1) is 21.2. The summed E-state index contributed by atoms with van der Waals surface area (Å²) in [5.41, 5.74) is 10.5. The van der Waals surface area contributed by atoms with Crippen molar-refractivity contribution in [2.45, 2.75) is 18.9 Å². The van der Waals surface area contributed by atoms with E-state index in [2.05, 4.69) is 0 Å². The first-order valence-electron chi connectivity index (χ1n) is 3.85. The minimum absolute atomic E-state index is 0. The maximum atomic E-state index is 10.4. The number of nitrogens with two attached hydrogens (primary N) is 2. The van der Waals surface area contributed by atoms with Crippen LogP contribution in [0.3, 0.4) is 0 Å². The van der Waals surface area contributed by atoms with E-state index in [4.69, 9.17) is 11.5 Å². The van der Waals surface area contributed by atoms with Crippen LogP contribution in [-0.2, 0) is 9.59 Å². The van der Waals surface area contributed by atoms with Gasteiger partial charge < -0.3 is 31.3 Å². The van der Waals surface area contributed by atoms with Crippen molar-refractivity contribution in [1.82, 2.24) is 0 Å². The molecule has 0 saturated heterocycles. The molecule has 76 valence electrons. The summed E-state index contributed by atoms with van der Waals surface area (Å²) < 4.78 is 0. The Morgan fingerprint density at radius 3 is 1.93 bits per heavy atom. The molecular weight excluding hydrogens is 222 g/mol. The first-order valence-corrected chi connectivity index (χ1v) is 3.85. The molecule has 0 aliphatic rings. The molecule has 0 heterocycles. The van der Waals surface area contributed by atoms with E-state index in [0.29, 0.717) is 0 Å². The molecule has 8 heteroatoms. The smallest absolute Gasteiger partial charge is 0.550 e. The predicted octanol–water partition coefficient (Wildman–Crippen LogP) is -9.82. The second-order valence-electron chi connectivity index (χ2n) is 2.74. The Balaban J connectivity index is -0.000000720. The summed E-state index contributed by atoms with van der Waals surface area (Å²) in [5.74, 6) is -4.17. The summed E-state index contributed by atoms with van der Waals surface area (Å²) >= 11 is 0. The summed E-state index contributed by atoms with van der Waals surface area (Å²) in [4.78, 5) is 20.6. The summed E-state index contributed by atoms with van der Waals surface area (Å²) in [6.45, 7) is 0.206. The van der Waals surface area contributed by atoms with Gasteiger partial charge in [-0.25, -0.2) is 0 Å². The van der Waals surface area contributed by atoms with Crippen LogP contribution in [0.1, 0.15) is 12.8 Å². The van der Waals surface area contributed by atoms with Crippen molar-refractivity contribution in [3.8, 4) is 0 Å². The molecule has 0 aliphatic carbocycles. The van der Waals surface area contributed by atoms with Gasteiger partial charge in [0.25, 0.3) is 0 Å². The number of carbonyl (C=O) groups is 2. The Hall–Kier alpha value is 0.860. The van der Waals surface area contributed by atoms with Crippen molar-refractivity contribution in [2.75, 3.05) is 6.54 Å². The molecule has 0 aromatic carbocycles. The van der Waals surface area contributed by atoms with E-state index in [1.807, 2.05) is 0 Å². The SMILES string of the molecule is NCCC(N)C(CC(=O)[O-])C(=O)[O-].[Na+].[Na+]. The molecule has 2 atom stereocenters. The fraction of sp³-hybridized carbons (Fsp3) is 0.714. The molecule has 0 bridgehead atoms. The van der Waals surface area contributed by atoms with E-state index in [1.165, 1.54) is 0 Å². The fourth-order valence-corrected chi connectivity index (χ4v) is 0.983. The van der Waals surface area contributed by atoms with Gasteiger partial charge in [0.05, 0.1) is 0 Å². The van der Waals surface area contributed by atoms with Crippen LogP contribution in [0, 0.1) is 5.92 Å². The topological polar surface area (TPSA) is 132 Å². The molecule has 4 N–H and O–H groups in total. The van der Waals surface area contributed by atoms with E-state index in [1.54, 1.807) is 0 Å². The summed E-state index contributed by atoms with van der Waals surface area (Å²) in [6, 6.07) is -0.798. The van der Waals surface area contributed by atoms with E-state index >= 15 is 0 Å². The van der Waals surface area contributed by atoms with Gasteiger partial charge in [0.1, 0.15) is 0 Å². The van der Waals surface area contributed by atoms with Gasteiger partial charge in [-0.2, -0.15) is 0 Å². The zero-order valence-electron chi connectivity index (χ0n) is 9.06. The van der Waals surface area contributed by atoms with Crippen LogP contribution in [0.15, 0.2) is 0 Å². The molecular formula is C7H12N2Na2O4. The number of aliphatic carboxylic acids is 2. The second kappa shape index (κ2) is 11.3. The fourth-order valence-electron chi connectivity index (χ4n) is 0.983. The van der Waals surface area contributed by atoms with Crippen molar-refractivity contribution in [3.63, 3.8) is 0 Å². The van der Waals surface area contributed by atoms with E-state index in [9.17, 15) is 19.8 Å². The minimum atomic E-state index is -1.48. The molecule has 0 rings (SSSR count). The number of rotatable bonds is 6. The molecule has 0 aromatic rings. The zero-order chi connectivity index (χ0) is 10.4. The Kier molecular flexibility index (Phi) is 16.0. The average molecular weight is 234 g/mol. The van der Waals surface area contributed by atoms with Gasteiger partial charge in [0.15, 0.2) is 0 Å². The van der Waals surface area contributed by atoms with Gasteiger partial charge in [-0.05, 0) is 19.4 Å². The van der Waals surface area contributed by atoms with Crippen molar-refractivity contribution in [2.24, 2.45) is 17.4 Å². The molecule has 0 aliphatic heterocycles. The van der Waals surface area contributed by atoms with Crippen molar-refractivity contribution in [3.05, 3.63) is 0 Å². The maximum Gasteiger partial charge on any atom is 1.00 e. The molecule has 0 fully saturated rings. The minimum Gasteiger partial charge on any atom is -0.550 e. The third-order valence-corrected chi connectivity index (χ3v) is 1.71. The van der Waals surface area contributed by atoms with Gasteiger partial charge >= 0.3 is 59.1 Å². The molecule has 6 nitrogen and oxygen atoms in total. The van der Waals surface area contributed by atoms with Gasteiger partial charge in [-0.3, -0.25) is 0 Å². The third-order valence-electron chi connectivity index (χ3n) is 1.71. The summed E-state index contributed by atoms with van der Waals surface area (Å²) in [7, 11) is 0. The summed E-state index contributed by atoms with van der Waals surface area (Å²) in [6.07, 6.45) is -0.393. The average Bonchev–Trinajstić information content (AvgIpc) is 1.99. The predicted molar refractivity (Wildman–Crippen MR) is 39.8 cm³/mol. The number of hydrogen-bond acceptors (Lipinski definition) is 6. The van der Waals surface area contributed by atoms with E-state index in [0.717, 1.165) is 0 Å². The number of carbonyl (C=O) groups excluding carboxylic acids is 2. The number of carboxylic acids is 2. The van der Waals surface area contributed by atoms with Crippen LogP contribution in [0.2, 0.25) is 0 Å². The Bertz CT molecular complexity index is 203. The van der Waals surface area contributed by atoms with Crippen molar-refractivity contribution < 1.29 is 78.9 Å². The van der Waals surface area contributed by atoms with Crippen molar-refractivity contribution in [1.29, 1.82) is 0 Å². The molecule has 0 spiro atoms. The normalized spacial score (nSPS) is 12.9. The Morgan fingerprint density at radius 1 is 1.20 bits per heavy atom. The largest absolute Gasteiger partial charge is 1.00 e. The maximum absolute atomic E-state index is 10.4.